The number of ether oxygens (including phenoxy) is 1. The van der Waals surface area contributed by atoms with Crippen LogP contribution in [0.3, 0.4) is 0 Å². The molecule has 1 aromatic rings. The third-order valence-electron chi connectivity index (χ3n) is 1.92. The molecule has 0 fully saturated rings. The average Bonchev–Trinajstić information content (AvgIpc) is 2.04. The molecular formula is C8H9BrN2O. The summed E-state index contributed by atoms with van der Waals surface area (Å²) in [5, 5.41) is 0. The van der Waals surface area contributed by atoms with Gasteiger partial charge in [-0.2, -0.15) is 0 Å². The molecule has 3 nitrogen and oxygen atoms in total. The molecule has 4 heteroatoms. The minimum Gasteiger partial charge on any atom is -0.477 e. The van der Waals surface area contributed by atoms with Crippen molar-refractivity contribution in [2.24, 2.45) is 5.73 Å². The van der Waals surface area contributed by atoms with E-state index in [1.807, 2.05) is 12.1 Å². The van der Waals surface area contributed by atoms with Crippen LogP contribution in [0.25, 0.3) is 0 Å². The third kappa shape index (κ3) is 1.32. The summed E-state index contributed by atoms with van der Waals surface area (Å²) in [5.41, 5.74) is 6.87. The van der Waals surface area contributed by atoms with Gasteiger partial charge in [0, 0.05) is 18.0 Å². The lowest BCUT2D eigenvalue weighted by Gasteiger charge is -2.21. The van der Waals surface area contributed by atoms with Crippen molar-refractivity contribution in [3.63, 3.8) is 0 Å². The van der Waals surface area contributed by atoms with E-state index >= 15 is 0 Å². The highest BCUT2D eigenvalue weighted by Gasteiger charge is 2.18. The smallest absolute Gasteiger partial charge is 0.219 e. The Balaban J connectivity index is 2.46. The van der Waals surface area contributed by atoms with Crippen LogP contribution in [0.5, 0.6) is 5.88 Å². The molecule has 0 aromatic carbocycles. The second-order valence-electron chi connectivity index (χ2n) is 2.77. The second-order valence-corrected chi connectivity index (χ2v) is 3.58. The molecule has 0 aliphatic carbocycles. The summed E-state index contributed by atoms with van der Waals surface area (Å²) in [4.78, 5) is 4.18. The van der Waals surface area contributed by atoms with E-state index in [1.165, 1.54) is 0 Å². The summed E-state index contributed by atoms with van der Waals surface area (Å²) in [7, 11) is 0. The van der Waals surface area contributed by atoms with E-state index in [0.717, 1.165) is 16.6 Å². The first-order chi connectivity index (χ1) is 5.77. The van der Waals surface area contributed by atoms with Crippen molar-refractivity contribution in [3.8, 4) is 5.88 Å². The monoisotopic (exact) mass is 228 g/mol. The maximum Gasteiger partial charge on any atom is 0.219 e. The van der Waals surface area contributed by atoms with Crippen molar-refractivity contribution < 1.29 is 4.74 Å². The van der Waals surface area contributed by atoms with Gasteiger partial charge in [-0.3, -0.25) is 0 Å². The molecule has 0 bridgehead atoms. The van der Waals surface area contributed by atoms with Crippen molar-refractivity contribution in [2.45, 2.75) is 12.5 Å². The molecule has 2 heterocycles. The molecule has 0 amide bonds. The van der Waals surface area contributed by atoms with Crippen molar-refractivity contribution in [1.29, 1.82) is 0 Å². The SMILES string of the molecule is NC1CCOc2nc(Br)ccc21. The van der Waals surface area contributed by atoms with E-state index in [1.54, 1.807) is 0 Å². The lowest BCUT2D eigenvalue weighted by Crippen LogP contribution is -2.21. The first kappa shape index (κ1) is 8.01. The number of nitrogens with zero attached hydrogens (tertiary/aromatic N) is 1. The number of hydrogen-bond donors (Lipinski definition) is 1. The maximum absolute atomic E-state index is 5.86. The van der Waals surface area contributed by atoms with Gasteiger partial charge in [0.1, 0.15) is 4.60 Å². The van der Waals surface area contributed by atoms with Crippen LogP contribution in [0.2, 0.25) is 0 Å². The Labute approximate surface area is 79.1 Å². The van der Waals surface area contributed by atoms with Gasteiger partial charge in [-0.05, 0) is 28.1 Å². The van der Waals surface area contributed by atoms with E-state index in [9.17, 15) is 0 Å². The fraction of sp³-hybridized carbons (Fsp3) is 0.375. The van der Waals surface area contributed by atoms with Crippen LogP contribution >= 0.6 is 15.9 Å². The molecule has 1 aromatic heterocycles. The summed E-state index contributed by atoms with van der Waals surface area (Å²) in [6, 6.07) is 3.92. The van der Waals surface area contributed by atoms with Crippen LogP contribution in [-0.2, 0) is 0 Å². The predicted molar refractivity (Wildman–Crippen MR) is 49.0 cm³/mol. The summed E-state index contributed by atoms with van der Waals surface area (Å²) < 4.78 is 6.14. The van der Waals surface area contributed by atoms with Gasteiger partial charge >= 0.3 is 0 Å². The first-order valence-corrected chi connectivity index (χ1v) is 4.61. The predicted octanol–water partition coefficient (Wildman–Crippen LogP) is 1.63. The molecule has 0 saturated carbocycles. The highest BCUT2D eigenvalue weighted by Crippen LogP contribution is 2.29. The number of halogens is 1. The van der Waals surface area contributed by atoms with Gasteiger partial charge in [0.05, 0.1) is 6.61 Å². The fourth-order valence-corrected chi connectivity index (χ4v) is 1.56. The number of pyridine rings is 1. The van der Waals surface area contributed by atoms with Crippen molar-refractivity contribution in [2.75, 3.05) is 6.61 Å². The van der Waals surface area contributed by atoms with Crippen LogP contribution < -0.4 is 10.5 Å². The molecule has 0 radical (unpaired) electrons. The van der Waals surface area contributed by atoms with Crippen LogP contribution in [0.4, 0.5) is 0 Å². The quantitative estimate of drug-likeness (QED) is 0.687. The van der Waals surface area contributed by atoms with Crippen LogP contribution in [-0.4, -0.2) is 11.6 Å². The van der Waals surface area contributed by atoms with Gasteiger partial charge in [-0.15, -0.1) is 0 Å². The zero-order valence-corrected chi connectivity index (χ0v) is 8.04. The molecular weight excluding hydrogens is 220 g/mol. The highest BCUT2D eigenvalue weighted by atomic mass is 79.9. The van der Waals surface area contributed by atoms with E-state index in [2.05, 4.69) is 20.9 Å². The largest absolute Gasteiger partial charge is 0.477 e. The van der Waals surface area contributed by atoms with Gasteiger partial charge < -0.3 is 10.5 Å². The number of nitrogens with two attached hydrogens (primary N) is 1. The normalized spacial score (nSPS) is 21.3. The molecule has 12 heavy (non-hydrogen) atoms. The van der Waals surface area contributed by atoms with Crippen LogP contribution in [0.1, 0.15) is 18.0 Å². The molecule has 0 spiro atoms. The summed E-state index contributed by atoms with van der Waals surface area (Å²) >= 11 is 3.28. The van der Waals surface area contributed by atoms with Crippen molar-refractivity contribution >= 4 is 15.9 Å². The Morgan fingerprint density at radius 2 is 2.42 bits per heavy atom. The van der Waals surface area contributed by atoms with Gasteiger partial charge in [-0.25, -0.2) is 4.98 Å². The number of hydrogen-bond acceptors (Lipinski definition) is 3. The minimum atomic E-state index is 0.0781. The van der Waals surface area contributed by atoms with E-state index in [4.69, 9.17) is 10.5 Å². The second kappa shape index (κ2) is 3.03. The summed E-state index contributed by atoms with van der Waals surface area (Å²) in [6.07, 6.45) is 0.871. The lowest BCUT2D eigenvalue weighted by molar-refractivity contribution is 0.257. The average molecular weight is 229 g/mol. The van der Waals surface area contributed by atoms with Gasteiger partial charge in [-0.1, -0.05) is 0 Å². The van der Waals surface area contributed by atoms with Crippen molar-refractivity contribution in [1.82, 2.24) is 4.98 Å². The molecule has 1 atom stereocenters. The molecule has 1 aliphatic rings. The van der Waals surface area contributed by atoms with Crippen LogP contribution in [0, 0.1) is 0 Å². The molecule has 1 aliphatic heterocycles. The molecule has 64 valence electrons. The zero-order chi connectivity index (χ0) is 8.55. The van der Waals surface area contributed by atoms with Crippen LogP contribution in [0.15, 0.2) is 16.7 Å². The Hall–Kier alpha value is -0.610. The zero-order valence-electron chi connectivity index (χ0n) is 6.46. The number of aromatic nitrogens is 1. The van der Waals surface area contributed by atoms with E-state index in [-0.39, 0.29) is 6.04 Å². The number of rotatable bonds is 0. The van der Waals surface area contributed by atoms with E-state index in [0.29, 0.717) is 12.5 Å². The Kier molecular flexibility index (Phi) is 2.02. The molecule has 0 saturated heterocycles. The summed E-state index contributed by atoms with van der Waals surface area (Å²) in [6.45, 7) is 0.664. The van der Waals surface area contributed by atoms with E-state index < -0.39 is 0 Å². The third-order valence-corrected chi connectivity index (χ3v) is 2.36. The maximum atomic E-state index is 5.86. The van der Waals surface area contributed by atoms with Gasteiger partial charge in [0.2, 0.25) is 5.88 Å². The standard InChI is InChI=1S/C8H9BrN2O/c9-7-2-1-5-6(10)3-4-12-8(5)11-7/h1-2,6H,3-4,10H2. The van der Waals surface area contributed by atoms with Gasteiger partial charge in [0.25, 0.3) is 0 Å². The molecule has 1 unspecified atom stereocenters. The Morgan fingerprint density at radius 1 is 1.58 bits per heavy atom. The Morgan fingerprint density at radius 3 is 3.25 bits per heavy atom. The topological polar surface area (TPSA) is 48.1 Å². The molecule has 2 rings (SSSR count). The lowest BCUT2D eigenvalue weighted by atomic mass is 10.1. The summed E-state index contributed by atoms with van der Waals surface area (Å²) in [5.74, 6) is 0.670. The first-order valence-electron chi connectivity index (χ1n) is 3.82. The fourth-order valence-electron chi connectivity index (χ4n) is 1.26. The minimum absolute atomic E-state index is 0.0781. The Bertz CT molecular complexity index is 303. The highest BCUT2D eigenvalue weighted by molar-refractivity contribution is 9.10. The number of fused-ring (bicyclic) bond motifs is 1. The van der Waals surface area contributed by atoms with Crippen molar-refractivity contribution in [3.05, 3.63) is 22.3 Å². The molecule has 2 N–H and O–H groups in total. The van der Waals surface area contributed by atoms with Gasteiger partial charge in [0.15, 0.2) is 0 Å².